The highest BCUT2D eigenvalue weighted by atomic mass is 16.7. The van der Waals surface area contributed by atoms with Crippen molar-refractivity contribution >= 4 is 0 Å². The van der Waals surface area contributed by atoms with E-state index in [0.29, 0.717) is 6.61 Å². The van der Waals surface area contributed by atoms with E-state index in [9.17, 15) is 5.11 Å². The number of hydrogen-bond donors (Lipinski definition) is 1. The fourth-order valence-corrected chi connectivity index (χ4v) is 2.66. The lowest BCUT2D eigenvalue weighted by molar-refractivity contribution is -0.115. The second-order valence-corrected chi connectivity index (χ2v) is 6.21. The fraction of sp³-hybridized carbons (Fsp3) is 0.600. The summed E-state index contributed by atoms with van der Waals surface area (Å²) in [6, 6.07) is 7.86. The summed E-state index contributed by atoms with van der Waals surface area (Å²) < 4.78 is 21.9. The predicted octanol–water partition coefficient (Wildman–Crippen LogP) is 3.55. The van der Waals surface area contributed by atoms with Crippen molar-refractivity contribution < 1.29 is 24.1 Å². The van der Waals surface area contributed by atoms with E-state index >= 15 is 0 Å². The van der Waals surface area contributed by atoms with Crippen molar-refractivity contribution in [2.24, 2.45) is 5.92 Å². The molecule has 0 radical (unpaired) electrons. The Hall–Kier alpha value is -1.40. The van der Waals surface area contributed by atoms with E-state index in [-0.39, 0.29) is 24.9 Å². The van der Waals surface area contributed by atoms with Crippen LogP contribution in [0.25, 0.3) is 0 Å². The maximum Gasteiger partial charge on any atom is 0.156 e. The fourth-order valence-electron chi connectivity index (χ4n) is 2.66. The van der Waals surface area contributed by atoms with Gasteiger partial charge in [0.25, 0.3) is 0 Å². The highest BCUT2D eigenvalue weighted by Crippen LogP contribution is 2.21. The van der Waals surface area contributed by atoms with Gasteiger partial charge in [-0.25, -0.2) is 0 Å². The maximum atomic E-state index is 9.26. The van der Waals surface area contributed by atoms with Gasteiger partial charge in [0.15, 0.2) is 6.29 Å². The van der Waals surface area contributed by atoms with Crippen LogP contribution in [0.4, 0.5) is 0 Å². The van der Waals surface area contributed by atoms with E-state index in [0.717, 1.165) is 29.7 Å². The van der Waals surface area contributed by atoms with E-state index in [4.69, 9.17) is 18.9 Å². The second kappa shape index (κ2) is 12.0. The third-order valence-corrected chi connectivity index (χ3v) is 4.22. The first kappa shape index (κ1) is 21.6. The Morgan fingerprint density at radius 2 is 1.72 bits per heavy atom. The average molecular weight is 352 g/mol. The van der Waals surface area contributed by atoms with Gasteiger partial charge in [-0.05, 0) is 31.0 Å². The van der Waals surface area contributed by atoms with Crippen LogP contribution in [0.2, 0.25) is 0 Å². The minimum Gasteiger partial charge on any atom is -0.497 e. The average Bonchev–Trinajstić information content (AvgIpc) is 2.64. The van der Waals surface area contributed by atoms with Crippen LogP contribution in [0.15, 0.2) is 35.9 Å². The van der Waals surface area contributed by atoms with Crippen LogP contribution in [0, 0.1) is 5.92 Å². The maximum absolute atomic E-state index is 9.26. The Balaban J connectivity index is 2.71. The van der Waals surface area contributed by atoms with Crippen molar-refractivity contribution in [2.75, 3.05) is 27.9 Å². The molecule has 2 atom stereocenters. The van der Waals surface area contributed by atoms with E-state index < -0.39 is 0 Å². The molecule has 0 aliphatic carbocycles. The SMILES string of the molecule is COc1ccc(CO[C@@H](CCC(OC)OC)[C@H](C)/C=C(\C)CO)cc1. The molecule has 0 aromatic heterocycles. The first-order valence-corrected chi connectivity index (χ1v) is 8.62. The van der Waals surface area contributed by atoms with Gasteiger partial charge in [0.2, 0.25) is 0 Å². The number of rotatable bonds is 12. The number of hydrogen-bond acceptors (Lipinski definition) is 5. The molecule has 0 fully saturated rings. The second-order valence-electron chi connectivity index (χ2n) is 6.21. The first-order chi connectivity index (χ1) is 12.0. The number of aliphatic hydroxyl groups is 1. The van der Waals surface area contributed by atoms with Crippen LogP contribution < -0.4 is 4.74 Å². The van der Waals surface area contributed by atoms with Gasteiger partial charge in [0.1, 0.15) is 5.75 Å². The Kier molecular flexibility index (Phi) is 10.4. The summed E-state index contributed by atoms with van der Waals surface area (Å²) >= 11 is 0. The van der Waals surface area contributed by atoms with Gasteiger partial charge in [-0.2, -0.15) is 0 Å². The van der Waals surface area contributed by atoms with Crippen LogP contribution in [0.3, 0.4) is 0 Å². The largest absolute Gasteiger partial charge is 0.497 e. The van der Waals surface area contributed by atoms with Crippen LogP contribution in [-0.4, -0.2) is 45.4 Å². The lowest BCUT2D eigenvalue weighted by Crippen LogP contribution is -2.24. The molecule has 0 heterocycles. The molecule has 142 valence electrons. The molecule has 5 nitrogen and oxygen atoms in total. The van der Waals surface area contributed by atoms with Crippen molar-refractivity contribution in [3.63, 3.8) is 0 Å². The number of aliphatic hydroxyl groups excluding tert-OH is 1. The monoisotopic (exact) mass is 352 g/mol. The number of ether oxygens (including phenoxy) is 4. The summed E-state index contributed by atoms with van der Waals surface area (Å²) in [5, 5.41) is 9.26. The summed E-state index contributed by atoms with van der Waals surface area (Å²) in [6.45, 7) is 4.61. The number of methoxy groups -OCH3 is 3. The zero-order valence-corrected chi connectivity index (χ0v) is 16.0. The molecule has 0 unspecified atom stereocenters. The summed E-state index contributed by atoms with van der Waals surface area (Å²) in [6.07, 6.45) is 3.39. The van der Waals surface area contributed by atoms with Gasteiger partial charge in [-0.15, -0.1) is 0 Å². The summed E-state index contributed by atoms with van der Waals surface area (Å²) in [5.74, 6) is 1.01. The molecule has 0 aliphatic heterocycles. The lowest BCUT2D eigenvalue weighted by atomic mass is 9.97. The molecular weight excluding hydrogens is 320 g/mol. The molecular formula is C20H32O5. The first-order valence-electron chi connectivity index (χ1n) is 8.62. The smallest absolute Gasteiger partial charge is 0.156 e. The normalized spacial score (nSPS) is 14.6. The molecule has 1 N–H and O–H groups in total. The summed E-state index contributed by atoms with van der Waals surface area (Å²) in [7, 11) is 4.93. The van der Waals surface area contributed by atoms with Crippen LogP contribution in [0.1, 0.15) is 32.3 Å². The highest BCUT2D eigenvalue weighted by Gasteiger charge is 2.19. The molecule has 1 aromatic carbocycles. The molecule has 0 amide bonds. The Bertz CT molecular complexity index is 493. The predicted molar refractivity (Wildman–Crippen MR) is 98.6 cm³/mol. The molecule has 5 heteroatoms. The van der Waals surface area contributed by atoms with Gasteiger partial charge in [0, 0.05) is 26.6 Å². The minimum absolute atomic E-state index is 0.0106. The van der Waals surface area contributed by atoms with Crippen molar-refractivity contribution in [3.05, 3.63) is 41.5 Å². The highest BCUT2D eigenvalue weighted by molar-refractivity contribution is 5.26. The molecule has 1 rings (SSSR count). The zero-order chi connectivity index (χ0) is 18.7. The molecule has 1 aromatic rings. The third kappa shape index (κ3) is 8.01. The molecule has 0 spiro atoms. The van der Waals surface area contributed by atoms with E-state index in [1.54, 1.807) is 21.3 Å². The Morgan fingerprint density at radius 3 is 2.24 bits per heavy atom. The van der Waals surface area contributed by atoms with Gasteiger partial charge in [0.05, 0.1) is 26.4 Å². The molecule has 0 saturated carbocycles. The molecule has 0 saturated heterocycles. The summed E-state index contributed by atoms with van der Waals surface area (Å²) in [4.78, 5) is 0. The lowest BCUT2D eigenvalue weighted by Gasteiger charge is -2.25. The molecule has 25 heavy (non-hydrogen) atoms. The molecule has 0 aliphatic rings. The van der Waals surface area contributed by atoms with E-state index in [2.05, 4.69) is 13.0 Å². The van der Waals surface area contributed by atoms with Crippen molar-refractivity contribution in [3.8, 4) is 5.75 Å². The topological polar surface area (TPSA) is 57.2 Å². The zero-order valence-electron chi connectivity index (χ0n) is 16.0. The standard InChI is InChI=1S/C20H32O5/c1-15(13-21)12-16(2)19(10-11-20(23-4)24-5)25-14-17-6-8-18(22-3)9-7-17/h6-9,12,16,19-21H,10-11,13-14H2,1-5H3/b15-12+/t16-,19+/m1/s1. The van der Waals surface area contributed by atoms with Crippen LogP contribution in [-0.2, 0) is 20.8 Å². The van der Waals surface area contributed by atoms with Crippen LogP contribution in [0.5, 0.6) is 5.75 Å². The number of benzene rings is 1. The van der Waals surface area contributed by atoms with E-state index in [1.807, 2.05) is 31.2 Å². The van der Waals surface area contributed by atoms with Crippen molar-refractivity contribution in [2.45, 2.75) is 45.7 Å². The minimum atomic E-state index is -0.234. The quantitative estimate of drug-likeness (QED) is 0.460. The van der Waals surface area contributed by atoms with Gasteiger partial charge in [-0.3, -0.25) is 0 Å². The van der Waals surface area contributed by atoms with Gasteiger partial charge >= 0.3 is 0 Å². The van der Waals surface area contributed by atoms with E-state index in [1.165, 1.54) is 0 Å². The van der Waals surface area contributed by atoms with Gasteiger partial charge in [-0.1, -0.05) is 30.7 Å². The van der Waals surface area contributed by atoms with Crippen molar-refractivity contribution in [1.82, 2.24) is 0 Å². The Morgan fingerprint density at radius 1 is 1.08 bits per heavy atom. The molecule has 0 bridgehead atoms. The Labute approximate surface area is 151 Å². The third-order valence-electron chi connectivity index (χ3n) is 4.22. The summed E-state index contributed by atoms with van der Waals surface area (Å²) in [5.41, 5.74) is 2.04. The van der Waals surface area contributed by atoms with Gasteiger partial charge < -0.3 is 24.1 Å². The van der Waals surface area contributed by atoms with Crippen LogP contribution >= 0.6 is 0 Å². The van der Waals surface area contributed by atoms with Crippen molar-refractivity contribution in [1.29, 1.82) is 0 Å².